The van der Waals surface area contributed by atoms with Gasteiger partial charge in [0.2, 0.25) is 10.0 Å². The van der Waals surface area contributed by atoms with Gasteiger partial charge in [-0.2, -0.15) is 0 Å². The van der Waals surface area contributed by atoms with Gasteiger partial charge in [0.25, 0.3) is 5.91 Å². The summed E-state index contributed by atoms with van der Waals surface area (Å²) in [6, 6.07) is 4.62. The largest absolute Gasteiger partial charge is 0.505 e. The van der Waals surface area contributed by atoms with E-state index in [1.165, 1.54) is 25.1 Å². The van der Waals surface area contributed by atoms with Crippen molar-refractivity contribution >= 4 is 34.4 Å². The van der Waals surface area contributed by atoms with Crippen molar-refractivity contribution in [3.8, 4) is 5.75 Å². The summed E-state index contributed by atoms with van der Waals surface area (Å²) in [5.74, 6) is -1.61. The van der Waals surface area contributed by atoms with Gasteiger partial charge in [-0.25, -0.2) is 13.2 Å². The maximum Gasteiger partial charge on any atom is 0.410 e. The Hall–Kier alpha value is -3.40. The molecule has 0 bridgehead atoms. The van der Waals surface area contributed by atoms with Crippen molar-refractivity contribution in [3.05, 3.63) is 35.3 Å². The molecule has 14 nitrogen and oxygen atoms in total. The first-order valence-electron chi connectivity index (χ1n) is 17.3. The summed E-state index contributed by atoms with van der Waals surface area (Å²) in [4.78, 5) is 30.9. The molecular weight excluding hydrogens is 666 g/mol. The van der Waals surface area contributed by atoms with Crippen LogP contribution < -0.4 is 11.1 Å². The number of rotatable bonds is 18. The van der Waals surface area contributed by atoms with Crippen LogP contribution in [0.25, 0.3) is 0 Å². The molecule has 0 radical (unpaired) electrons. The maximum absolute atomic E-state index is 14.2. The third-order valence-corrected chi connectivity index (χ3v) is 11.6. The molecular formula is C35H57N5O9S. The number of carbonyl (C=O) groups is 2. The van der Waals surface area contributed by atoms with E-state index in [1.807, 2.05) is 6.92 Å². The van der Waals surface area contributed by atoms with Crippen LogP contribution >= 0.6 is 0 Å². The van der Waals surface area contributed by atoms with Gasteiger partial charge in [-0.15, -0.1) is 0 Å². The predicted octanol–water partition coefficient (Wildman–Crippen LogP) is 4.96. The molecule has 1 saturated heterocycles. The lowest BCUT2D eigenvalue weighted by atomic mass is 9.91. The summed E-state index contributed by atoms with van der Waals surface area (Å²) in [7, 11) is -1.32. The number of para-hydroxylation sites is 1. The number of nitrogens with one attached hydrogen (secondary N) is 1. The zero-order chi connectivity index (χ0) is 37.3. The number of aliphatic hydroxyl groups excluding tert-OH is 1. The fraction of sp³-hybridized carbons (Fsp3) is 0.686. The highest BCUT2D eigenvalue weighted by atomic mass is 32.2. The number of phenolic OH excluding ortho intramolecular Hbond substituents is 1. The van der Waals surface area contributed by atoms with Crippen LogP contribution in [0.4, 0.5) is 10.5 Å². The number of aromatic hydroxyl groups is 1. The zero-order valence-electron chi connectivity index (χ0n) is 30.5. The molecule has 1 heterocycles. The summed E-state index contributed by atoms with van der Waals surface area (Å²) >= 11 is 0. The Labute approximate surface area is 297 Å². The Morgan fingerprint density at radius 3 is 2.40 bits per heavy atom. The topological polar surface area (TPSA) is 193 Å². The Morgan fingerprint density at radius 1 is 1.14 bits per heavy atom. The number of anilines is 1. The highest BCUT2D eigenvalue weighted by Crippen LogP contribution is 2.52. The number of nitrogens with zero attached hydrogens (tertiary/aromatic N) is 3. The van der Waals surface area contributed by atoms with Crippen LogP contribution in [0.1, 0.15) is 104 Å². The minimum Gasteiger partial charge on any atom is -0.505 e. The van der Waals surface area contributed by atoms with Crippen LogP contribution in [0, 0.1) is 0 Å². The van der Waals surface area contributed by atoms with Crippen LogP contribution in [-0.4, -0.2) is 96.1 Å². The second-order valence-electron chi connectivity index (χ2n) is 14.6. The van der Waals surface area contributed by atoms with E-state index in [-0.39, 0.29) is 31.0 Å². The first kappa shape index (κ1) is 41.0. The first-order chi connectivity index (χ1) is 23.4. The number of hydrogen-bond acceptors (Lipinski definition) is 11. The quantitative estimate of drug-likeness (QED) is 0.0697. The van der Waals surface area contributed by atoms with Gasteiger partial charge in [0, 0.05) is 32.9 Å². The molecule has 1 aliphatic carbocycles. The Bertz CT molecular complexity index is 1480. The van der Waals surface area contributed by atoms with Crippen LogP contribution in [0.2, 0.25) is 0 Å². The molecule has 1 aromatic rings. The monoisotopic (exact) mass is 723 g/mol. The number of amides is 2. The molecule has 2 amide bonds. The molecule has 0 aromatic heterocycles. The molecule has 50 heavy (non-hydrogen) atoms. The third-order valence-electron chi connectivity index (χ3n) is 9.01. The number of ether oxygens (including phenoxy) is 3. The second kappa shape index (κ2) is 17.2. The maximum atomic E-state index is 14.2. The fourth-order valence-corrected chi connectivity index (χ4v) is 8.15. The highest BCUT2D eigenvalue weighted by Gasteiger charge is 2.60. The van der Waals surface area contributed by atoms with E-state index in [1.54, 1.807) is 32.9 Å². The number of aliphatic imine (C=N–C) groups is 1. The van der Waals surface area contributed by atoms with E-state index >= 15 is 0 Å². The molecule has 5 N–H and O–H groups in total. The van der Waals surface area contributed by atoms with E-state index in [2.05, 4.69) is 17.0 Å². The molecule has 15 heteroatoms. The van der Waals surface area contributed by atoms with Crippen molar-refractivity contribution < 1.29 is 42.4 Å². The summed E-state index contributed by atoms with van der Waals surface area (Å²) in [5, 5.41) is 22.7. The zero-order valence-corrected chi connectivity index (χ0v) is 31.3. The minimum atomic E-state index is -4.12. The van der Waals surface area contributed by atoms with Crippen LogP contribution in [0.3, 0.4) is 0 Å². The van der Waals surface area contributed by atoms with E-state index < -0.39 is 55.8 Å². The molecule has 282 valence electrons. The summed E-state index contributed by atoms with van der Waals surface area (Å²) in [5.41, 5.74) is 4.71. The predicted molar refractivity (Wildman–Crippen MR) is 192 cm³/mol. The molecule has 2 unspecified atom stereocenters. The SMILES string of the molecule is C=N/C(C(=O)Nc1cccc(CN(C)C(=O)OC(C)(C)C)c1O)=C(/N)N(C)S(=O)(=O)C1(CC(C)(CCCCCCO)OC2CCCCO2)CC1. The smallest absolute Gasteiger partial charge is 0.410 e. The van der Waals surface area contributed by atoms with Crippen LogP contribution in [0.15, 0.2) is 34.7 Å². The molecule has 0 spiro atoms. The number of nitrogens with two attached hydrogens (primary N) is 1. The highest BCUT2D eigenvalue weighted by molar-refractivity contribution is 7.91. The number of unbranched alkanes of at least 4 members (excludes halogenated alkanes) is 3. The number of carbonyl (C=O) groups excluding carboxylic acids is 2. The summed E-state index contributed by atoms with van der Waals surface area (Å²) in [6.07, 6.45) is 6.51. The van der Waals surface area contributed by atoms with E-state index in [0.717, 1.165) is 42.8 Å². The third kappa shape index (κ3) is 10.8. The van der Waals surface area contributed by atoms with Gasteiger partial charge in [-0.3, -0.25) is 14.1 Å². The number of benzene rings is 1. The lowest BCUT2D eigenvalue weighted by Gasteiger charge is -2.39. The molecule has 1 saturated carbocycles. The molecule has 3 rings (SSSR count). The number of sulfonamides is 1. The first-order valence-corrected chi connectivity index (χ1v) is 18.7. The number of aliphatic hydroxyl groups is 1. The van der Waals surface area contributed by atoms with Crippen LogP contribution in [-0.2, 0) is 35.6 Å². The van der Waals surface area contributed by atoms with Crippen molar-refractivity contribution in [1.29, 1.82) is 0 Å². The Morgan fingerprint density at radius 2 is 1.82 bits per heavy atom. The van der Waals surface area contributed by atoms with Gasteiger partial charge in [0.15, 0.2) is 12.0 Å². The summed E-state index contributed by atoms with van der Waals surface area (Å²) < 4.78 is 45.9. The normalized spacial score (nSPS) is 19.1. The molecule has 2 aliphatic rings. The van der Waals surface area contributed by atoms with Gasteiger partial charge in [0.1, 0.15) is 17.2 Å². The molecule has 2 atom stereocenters. The van der Waals surface area contributed by atoms with Gasteiger partial charge in [-0.05, 0) is 91.8 Å². The fourth-order valence-electron chi connectivity index (χ4n) is 6.12. The molecule has 1 aliphatic heterocycles. The standard InChI is InChI=1S/C35H57N5O9S/c1-33(2,3)49-32(44)39(6)23-25-15-14-16-26(29(25)42)38-31(43)28(37-5)30(36)40(7)50(45,46)35(19-20-35)24-34(4,18-11-8-9-12-21-41)48-27-17-10-13-22-47-27/h14-16,27,41-42H,5,8-13,17-24,36H2,1-4,6-7H3,(H,38,43)/b30-28-. The van der Waals surface area contributed by atoms with Crippen molar-refractivity contribution in [2.24, 2.45) is 10.7 Å². The van der Waals surface area contributed by atoms with E-state index in [4.69, 9.17) is 25.1 Å². The number of hydrogen-bond donors (Lipinski definition) is 4. The lowest BCUT2D eigenvalue weighted by Crippen LogP contribution is -2.46. The van der Waals surface area contributed by atoms with E-state index in [9.17, 15) is 23.1 Å². The summed E-state index contributed by atoms with van der Waals surface area (Å²) in [6.45, 7) is 11.3. The lowest BCUT2D eigenvalue weighted by molar-refractivity contribution is -0.224. The van der Waals surface area contributed by atoms with Crippen molar-refractivity contribution in [2.75, 3.05) is 32.6 Å². The van der Waals surface area contributed by atoms with E-state index in [0.29, 0.717) is 37.9 Å². The molecule has 1 aromatic carbocycles. The van der Waals surface area contributed by atoms with Gasteiger partial charge >= 0.3 is 6.09 Å². The van der Waals surface area contributed by atoms with Gasteiger partial charge < -0.3 is 40.4 Å². The van der Waals surface area contributed by atoms with Gasteiger partial charge in [0.05, 0.1) is 22.6 Å². The minimum absolute atomic E-state index is 0.0000442. The Kier molecular flexibility index (Phi) is 14.1. The number of phenols is 1. The molecule has 2 fully saturated rings. The van der Waals surface area contributed by atoms with Crippen molar-refractivity contribution in [1.82, 2.24) is 9.21 Å². The van der Waals surface area contributed by atoms with Crippen LogP contribution in [0.5, 0.6) is 5.75 Å². The van der Waals surface area contributed by atoms with Gasteiger partial charge in [-0.1, -0.05) is 31.4 Å². The Balaban J connectivity index is 1.80. The average Bonchev–Trinajstić information content (AvgIpc) is 3.83. The average molecular weight is 724 g/mol. The van der Waals surface area contributed by atoms with Crippen molar-refractivity contribution in [2.45, 2.75) is 127 Å². The second-order valence-corrected chi connectivity index (χ2v) is 16.9. The van der Waals surface area contributed by atoms with Crippen molar-refractivity contribution in [3.63, 3.8) is 0 Å².